The molecule has 2 aromatic rings. The molecule has 7 heteroatoms. The van der Waals surface area contributed by atoms with Crippen LogP contribution in [0, 0.1) is 0 Å². The number of amides is 2. The third-order valence-electron chi connectivity index (χ3n) is 3.81. The highest BCUT2D eigenvalue weighted by Gasteiger charge is 2.18. The third-order valence-corrected chi connectivity index (χ3v) is 3.81. The van der Waals surface area contributed by atoms with Crippen LogP contribution < -0.4 is 15.5 Å². The molecule has 0 heterocycles. The van der Waals surface area contributed by atoms with Crippen molar-refractivity contribution in [2.45, 2.75) is 19.4 Å². The average molecular weight is 395 g/mol. The van der Waals surface area contributed by atoms with Crippen LogP contribution in [0.15, 0.2) is 72.4 Å². The van der Waals surface area contributed by atoms with Gasteiger partial charge in [-0.1, -0.05) is 43.0 Å². The summed E-state index contributed by atoms with van der Waals surface area (Å²) in [6.07, 6.45) is 2.65. The van der Waals surface area contributed by atoms with Crippen LogP contribution >= 0.6 is 0 Å². The minimum Gasteiger partial charge on any atom is -0.490 e. The van der Waals surface area contributed by atoms with E-state index in [9.17, 15) is 9.59 Å². The van der Waals surface area contributed by atoms with Crippen molar-refractivity contribution >= 4 is 18.2 Å². The van der Waals surface area contributed by atoms with E-state index in [4.69, 9.17) is 9.47 Å². The van der Waals surface area contributed by atoms with E-state index < -0.39 is 12.1 Å². The van der Waals surface area contributed by atoms with Crippen LogP contribution in [-0.2, 0) is 9.53 Å². The molecule has 0 aliphatic heterocycles. The standard InChI is InChI=1S/C22H25N3O4/c1-3-14-29-19-12-10-17(11-13-19)16-23-25-21(26)15-20(24-22(27)28-4-2)18-8-6-5-7-9-18/h3,5-13,16,20H,1,4,14-15H2,2H3,(H,24,27)(H,25,26)/b23-16-/t20-/m0/s1. The fourth-order valence-corrected chi connectivity index (χ4v) is 2.47. The number of nitrogens with zero attached hydrogens (tertiary/aromatic N) is 1. The lowest BCUT2D eigenvalue weighted by atomic mass is 10.0. The number of rotatable bonds is 10. The van der Waals surface area contributed by atoms with Crippen LogP contribution in [0.25, 0.3) is 0 Å². The highest BCUT2D eigenvalue weighted by molar-refractivity contribution is 5.83. The number of hydrogen-bond acceptors (Lipinski definition) is 5. The topological polar surface area (TPSA) is 89.0 Å². The molecule has 29 heavy (non-hydrogen) atoms. The molecular weight excluding hydrogens is 370 g/mol. The van der Waals surface area contributed by atoms with E-state index in [0.29, 0.717) is 6.61 Å². The second-order valence-electron chi connectivity index (χ2n) is 5.99. The Balaban J connectivity index is 1.92. The van der Waals surface area contributed by atoms with Gasteiger partial charge in [-0.3, -0.25) is 4.79 Å². The summed E-state index contributed by atoms with van der Waals surface area (Å²) in [6, 6.07) is 16.0. The average Bonchev–Trinajstić information content (AvgIpc) is 2.73. The Morgan fingerprint density at radius 3 is 2.52 bits per heavy atom. The van der Waals surface area contributed by atoms with E-state index in [-0.39, 0.29) is 18.9 Å². The van der Waals surface area contributed by atoms with Crippen LogP contribution in [0.5, 0.6) is 5.75 Å². The summed E-state index contributed by atoms with van der Waals surface area (Å²) in [5.41, 5.74) is 4.09. The Labute approximate surface area is 170 Å². The summed E-state index contributed by atoms with van der Waals surface area (Å²) in [5, 5.41) is 6.67. The quantitative estimate of drug-likeness (QED) is 0.366. The van der Waals surface area contributed by atoms with E-state index >= 15 is 0 Å². The predicted molar refractivity (Wildman–Crippen MR) is 112 cm³/mol. The second kappa shape index (κ2) is 12.0. The maximum absolute atomic E-state index is 12.3. The predicted octanol–water partition coefficient (Wildman–Crippen LogP) is 3.58. The Hall–Kier alpha value is -3.61. The van der Waals surface area contributed by atoms with Gasteiger partial charge in [0.15, 0.2) is 0 Å². The van der Waals surface area contributed by atoms with Gasteiger partial charge < -0.3 is 14.8 Å². The minimum absolute atomic E-state index is 0.0223. The van der Waals surface area contributed by atoms with Crippen LogP contribution in [-0.4, -0.2) is 31.4 Å². The van der Waals surface area contributed by atoms with Crippen molar-refractivity contribution in [2.24, 2.45) is 5.10 Å². The van der Waals surface area contributed by atoms with Crippen molar-refractivity contribution in [1.82, 2.24) is 10.7 Å². The van der Waals surface area contributed by atoms with Crippen molar-refractivity contribution < 1.29 is 19.1 Å². The summed E-state index contributed by atoms with van der Waals surface area (Å²) >= 11 is 0. The lowest BCUT2D eigenvalue weighted by molar-refractivity contribution is -0.121. The first-order valence-corrected chi connectivity index (χ1v) is 9.26. The van der Waals surface area contributed by atoms with Gasteiger partial charge in [-0.25, -0.2) is 10.2 Å². The zero-order valence-electron chi connectivity index (χ0n) is 16.3. The van der Waals surface area contributed by atoms with E-state index in [0.717, 1.165) is 16.9 Å². The molecular formula is C22H25N3O4. The highest BCUT2D eigenvalue weighted by Crippen LogP contribution is 2.17. The number of carbonyl (C=O) groups is 2. The van der Waals surface area contributed by atoms with Gasteiger partial charge in [0.05, 0.1) is 25.3 Å². The molecule has 0 spiro atoms. The molecule has 152 valence electrons. The fraction of sp³-hybridized carbons (Fsp3) is 0.227. The van der Waals surface area contributed by atoms with Gasteiger partial charge in [0, 0.05) is 0 Å². The van der Waals surface area contributed by atoms with Crippen LogP contribution in [0.3, 0.4) is 0 Å². The normalized spacial score (nSPS) is 11.5. The Morgan fingerprint density at radius 1 is 1.14 bits per heavy atom. The first-order valence-electron chi connectivity index (χ1n) is 9.26. The van der Waals surface area contributed by atoms with Crippen molar-refractivity contribution in [3.05, 3.63) is 78.4 Å². The first kappa shape index (κ1) is 21.7. The van der Waals surface area contributed by atoms with Gasteiger partial charge in [-0.05, 0) is 42.3 Å². The van der Waals surface area contributed by atoms with Gasteiger partial charge in [0.2, 0.25) is 5.91 Å². The second-order valence-corrected chi connectivity index (χ2v) is 5.99. The molecule has 2 N–H and O–H groups in total. The molecule has 0 aliphatic rings. The molecule has 0 saturated carbocycles. The summed E-state index contributed by atoms with van der Waals surface area (Å²) < 4.78 is 10.3. The number of nitrogens with one attached hydrogen (secondary N) is 2. The largest absolute Gasteiger partial charge is 0.490 e. The Kier molecular flexibility index (Phi) is 8.95. The summed E-state index contributed by atoms with van der Waals surface area (Å²) in [7, 11) is 0. The van der Waals surface area contributed by atoms with Crippen molar-refractivity contribution in [1.29, 1.82) is 0 Å². The van der Waals surface area contributed by atoms with Crippen molar-refractivity contribution in [3.8, 4) is 5.75 Å². The van der Waals surface area contributed by atoms with Gasteiger partial charge in [-0.15, -0.1) is 0 Å². The van der Waals surface area contributed by atoms with Gasteiger partial charge >= 0.3 is 6.09 Å². The number of hydrogen-bond donors (Lipinski definition) is 2. The fourth-order valence-electron chi connectivity index (χ4n) is 2.47. The minimum atomic E-state index is -0.573. The first-order chi connectivity index (χ1) is 14.1. The number of alkyl carbamates (subject to hydrolysis) is 1. The molecule has 0 radical (unpaired) electrons. The molecule has 2 aromatic carbocycles. The summed E-state index contributed by atoms with van der Waals surface area (Å²) in [4.78, 5) is 24.1. The zero-order chi connectivity index (χ0) is 20.9. The van der Waals surface area contributed by atoms with Crippen molar-refractivity contribution in [2.75, 3.05) is 13.2 Å². The molecule has 0 bridgehead atoms. The monoisotopic (exact) mass is 395 g/mol. The molecule has 0 fully saturated rings. The van der Waals surface area contributed by atoms with E-state index in [1.54, 1.807) is 25.1 Å². The smallest absolute Gasteiger partial charge is 0.407 e. The maximum Gasteiger partial charge on any atom is 0.407 e. The lowest BCUT2D eigenvalue weighted by Crippen LogP contribution is -2.33. The lowest BCUT2D eigenvalue weighted by Gasteiger charge is -2.18. The number of ether oxygens (including phenoxy) is 2. The SMILES string of the molecule is C=CCOc1ccc(/C=N\NC(=O)C[C@H](NC(=O)OCC)c2ccccc2)cc1. The highest BCUT2D eigenvalue weighted by atomic mass is 16.5. The molecule has 1 atom stereocenters. The Morgan fingerprint density at radius 2 is 1.86 bits per heavy atom. The van der Waals surface area contributed by atoms with Gasteiger partial charge in [0.25, 0.3) is 0 Å². The number of hydrazone groups is 1. The zero-order valence-corrected chi connectivity index (χ0v) is 16.3. The van der Waals surface area contributed by atoms with E-state index in [2.05, 4.69) is 22.4 Å². The summed E-state index contributed by atoms with van der Waals surface area (Å²) in [5.74, 6) is 0.389. The molecule has 7 nitrogen and oxygen atoms in total. The van der Waals surface area contributed by atoms with Crippen LogP contribution in [0.1, 0.15) is 30.5 Å². The third kappa shape index (κ3) is 7.88. The number of carbonyl (C=O) groups excluding carboxylic acids is 2. The van der Waals surface area contributed by atoms with Gasteiger partial charge in [-0.2, -0.15) is 5.10 Å². The van der Waals surface area contributed by atoms with Gasteiger partial charge in [0.1, 0.15) is 12.4 Å². The molecule has 2 amide bonds. The maximum atomic E-state index is 12.3. The van der Waals surface area contributed by atoms with Crippen molar-refractivity contribution in [3.63, 3.8) is 0 Å². The molecule has 0 unspecified atom stereocenters. The molecule has 2 rings (SSSR count). The van der Waals surface area contributed by atoms with E-state index in [1.165, 1.54) is 6.21 Å². The number of benzene rings is 2. The summed E-state index contributed by atoms with van der Waals surface area (Å²) in [6.45, 7) is 6.00. The van der Waals surface area contributed by atoms with Crippen LogP contribution in [0.2, 0.25) is 0 Å². The van der Waals surface area contributed by atoms with Crippen LogP contribution in [0.4, 0.5) is 4.79 Å². The van der Waals surface area contributed by atoms with E-state index in [1.807, 2.05) is 42.5 Å². The molecule has 0 saturated heterocycles. The molecule has 0 aromatic heterocycles. The Bertz CT molecular complexity index is 820. The molecule has 0 aliphatic carbocycles.